The van der Waals surface area contributed by atoms with Gasteiger partial charge in [-0.1, -0.05) is 43.2 Å². The molecule has 1 heterocycles. The summed E-state index contributed by atoms with van der Waals surface area (Å²) in [5.74, 6) is -5.68. The molecule has 6 nitrogen and oxygen atoms in total. The molecule has 0 radical (unpaired) electrons. The van der Waals surface area contributed by atoms with Crippen molar-refractivity contribution >= 4 is 45.8 Å². The third-order valence-electron chi connectivity index (χ3n) is 9.08. The van der Waals surface area contributed by atoms with E-state index in [1.54, 1.807) is 52.9 Å². The highest BCUT2D eigenvalue weighted by Gasteiger charge is 2.42. The standard InChI is InChI=1S/C33H36Cl2F4N3O3P/c1-20-12-15-23(19-27(20)33(37,38)39)40-31(43)26-10-6-18-41(32(44)29-21(2)7-5-11-28(29)36)30(26)22-13-16-25(17-14-22)42(46(34,35)45)24-8-3-4-9-24/h5,7,11-17,19,24,26,30,32,44H,3-4,6,8-10,18H2,1-2H3,(H,40,43)/t26-,30-,32?/m0/s1. The van der Waals surface area contributed by atoms with E-state index in [1.165, 1.54) is 25.1 Å². The van der Waals surface area contributed by atoms with Crippen molar-refractivity contribution in [2.75, 3.05) is 16.5 Å². The summed E-state index contributed by atoms with van der Waals surface area (Å²) < 4.78 is 70.4. The van der Waals surface area contributed by atoms with E-state index in [9.17, 15) is 27.6 Å². The number of hydrogen-bond donors (Lipinski definition) is 2. The second kappa shape index (κ2) is 13.9. The molecule has 2 N–H and O–H groups in total. The van der Waals surface area contributed by atoms with Crippen LogP contribution in [-0.4, -0.2) is 28.5 Å². The maximum atomic E-state index is 15.1. The summed E-state index contributed by atoms with van der Waals surface area (Å²) in [7, 11) is 0. The lowest BCUT2D eigenvalue weighted by Gasteiger charge is -2.44. The number of nitrogens with zero attached hydrogens (tertiary/aromatic N) is 2. The summed E-state index contributed by atoms with van der Waals surface area (Å²) in [5.41, 5.74) is 0.915. The number of halogens is 6. The molecule has 2 fully saturated rings. The van der Waals surface area contributed by atoms with E-state index in [-0.39, 0.29) is 22.9 Å². The average Bonchev–Trinajstić information content (AvgIpc) is 3.51. The highest BCUT2D eigenvalue weighted by Crippen LogP contribution is 2.63. The maximum Gasteiger partial charge on any atom is 0.416 e. The van der Waals surface area contributed by atoms with Gasteiger partial charge in [-0.15, -0.1) is 0 Å². The normalized spacial score (nSPS) is 20.5. The Bertz CT molecular complexity index is 1590. The quantitative estimate of drug-likeness (QED) is 0.181. The fourth-order valence-electron chi connectivity index (χ4n) is 6.88. The summed E-state index contributed by atoms with van der Waals surface area (Å²) in [6, 6.07) is 14.1. The second-order valence-electron chi connectivity index (χ2n) is 12.1. The number of alkyl halides is 3. The summed E-state index contributed by atoms with van der Waals surface area (Å²) in [5, 5.41) is 14.3. The number of hydrogen-bond acceptors (Lipinski definition) is 4. The van der Waals surface area contributed by atoms with E-state index in [0.29, 0.717) is 36.2 Å². The van der Waals surface area contributed by atoms with Crippen LogP contribution in [0.25, 0.3) is 0 Å². The molecule has 3 atom stereocenters. The Balaban J connectivity index is 1.53. The van der Waals surface area contributed by atoms with Crippen LogP contribution in [0.2, 0.25) is 0 Å². The number of aliphatic hydroxyl groups excluding tert-OH is 1. The zero-order valence-electron chi connectivity index (χ0n) is 25.4. The first kappa shape index (κ1) is 34.7. The van der Waals surface area contributed by atoms with Gasteiger partial charge in [0.25, 0.3) is 0 Å². The smallest absolute Gasteiger partial charge is 0.374 e. The predicted molar refractivity (Wildman–Crippen MR) is 174 cm³/mol. The van der Waals surface area contributed by atoms with Crippen LogP contribution in [-0.2, 0) is 15.5 Å². The van der Waals surface area contributed by atoms with Gasteiger partial charge in [0.1, 0.15) is 12.0 Å². The molecule has 0 spiro atoms. The Labute approximate surface area is 275 Å². The number of likely N-dealkylation sites (tertiary alicyclic amines) is 1. The van der Waals surface area contributed by atoms with Gasteiger partial charge in [-0.05, 0) is 109 Å². The Morgan fingerprint density at radius 1 is 1.00 bits per heavy atom. The Morgan fingerprint density at radius 3 is 2.28 bits per heavy atom. The van der Waals surface area contributed by atoms with Crippen molar-refractivity contribution in [1.82, 2.24) is 4.90 Å². The van der Waals surface area contributed by atoms with Crippen LogP contribution in [0.3, 0.4) is 0 Å². The van der Waals surface area contributed by atoms with Crippen LogP contribution in [0.5, 0.6) is 0 Å². The van der Waals surface area contributed by atoms with Crippen molar-refractivity contribution in [3.05, 3.63) is 94.3 Å². The molecule has 1 amide bonds. The molecule has 1 unspecified atom stereocenters. The number of carbonyl (C=O) groups is 1. The topological polar surface area (TPSA) is 72.9 Å². The molecule has 1 aliphatic carbocycles. The molecule has 3 aromatic carbocycles. The van der Waals surface area contributed by atoms with E-state index in [0.717, 1.165) is 31.7 Å². The number of aryl methyl sites for hydroxylation is 2. The van der Waals surface area contributed by atoms with Gasteiger partial charge >= 0.3 is 12.2 Å². The maximum absolute atomic E-state index is 15.1. The van der Waals surface area contributed by atoms with Gasteiger partial charge in [-0.25, -0.2) is 4.39 Å². The molecule has 248 valence electrons. The number of benzene rings is 3. The fraction of sp³-hybridized carbons (Fsp3) is 0.424. The van der Waals surface area contributed by atoms with Gasteiger partial charge in [0.05, 0.1) is 11.5 Å². The lowest BCUT2D eigenvalue weighted by Crippen LogP contribution is -2.45. The third kappa shape index (κ3) is 7.42. The molecule has 1 saturated heterocycles. The van der Waals surface area contributed by atoms with Gasteiger partial charge in [-0.3, -0.25) is 18.9 Å². The van der Waals surface area contributed by atoms with E-state index in [2.05, 4.69) is 5.32 Å². The lowest BCUT2D eigenvalue weighted by molar-refractivity contribution is -0.138. The predicted octanol–water partition coefficient (Wildman–Crippen LogP) is 9.88. The highest BCUT2D eigenvalue weighted by molar-refractivity contribution is 8.09. The third-order valence-corrected chi connectivity index (χ3v) is 11.1. The zero-order valence-corrected chi connectivity index (χ0v) is 27.8. The molecule has 13 heteroatoms. The Kier molecular flexibility index (Phi) is 10.5. The average molecular weight is 701 g/mol. The minimum Gasteiger partial charge on any atom is -0.374 e. The number of rotatable bonds is 8. The first-order valence-corrected chi connectivity index (χ1v) is 18.7. The van der Waals surface area contributed by atoms with Crippen LogP contribution in [0.4, 0.5) is 28.9 Å². The molecule has 0 aromatic heterocycles. The number of nitrogens with one attached hydrogen (secondary N) is 1. The molecule has 46 heavy (non-hydrogen) atoms. The van der Waals surface area contributed by atoms with Gasteiger partial charge < -0.3 is 10.4 Å². The first-order chi connectivity index (χ1) is 21.7. The summed E-state index contributed by atoms with van der Waals surface area (Å²) in [6.45, 7) is 3.35. The van der Waals surface area contributed by atoms with Gasteiger partial charge in [0.2, 0.25) is 5.91 Å². The lowest BCUT2D eigenvalue weighted by atomic mass is 9.83. The number of aliphatic hydroxyl groups is 1. The first-order valence-electron chi connectivity index (χ1n) is 15.2. The van der Waals surface area contributed by atoms with E-state index in [4.69, 9.17) is 22.5 Å². The van der Waals surface area contributed by atoms with Crippen LogP contribution >= 0.6 is 28.5 Å². The van der Waals surface area contributed by atoms with Crippen LogP contribution in [0.1, 0.15) is 78.6 Å². The van der Waals surface area contributed by atoms with Crippen LogP contribution in [0, 0.1) is 25.6 Å². The summed E-state index contributed by atoms with van der Waals surface area (Å²) in [4.78, 5) is 15.5. The van der Waals surface area contributed by atoms with Crippen LogP contribution in [0.15, 0.2) is 60.7 Å². The van der Waals surface area contributed by atoms with Crippen molar-refractivity contribution < 1.29 is 32.0 Å². The minimum atomic E-state index is -4.60. The van der Waals surface area contributed by atoms with Crippen molar-refractivity contribution in [2.45, 2.75) is 76.9 Å². The molecule has 1 aliphatic heterocycles. The van der Waals surface area contributed by atoms with E-state index >= 15 is 4.39 Å². The Hall–Kier alpha value is -2.62. The van der Waals surface area contributed by atoms with Crippen molar-refractivity contribution in [3.8, 4) is 0 Å². The molecular weight excluding hydrogens is 664 g/mol. The molecule has 2 aliphatic rings. The summed E-state index contributed by atoms with van der Waals surface area (Å²) >= 11 is 12.4. The fourth-order valence-corrected chi connectivity index (χ4v) is 9.16. The number of piperidine rings is 1. The number of carbonyl (C=O) groups excluding carboxylic acids is 1. The Morgan fingerprint density at radius 2 is 1.67 bits per heavy atom. The molecule has 3 aromatic rings. The van der Waals surface area contributed by atoms with Gasteiger partial charge in [0.15, 0.2) is 0 Å². The number of anilines is 2. The van der Waals surface area contributed by atoms with E-state index < -0.39 is 47.6 Å². The van der Waals surface area contributed by atoms with E-state index in [1.807, 2.05) is 0 Å². The zero-order chi connectivity index (χ0) is 33.4. The SMILES string of the molecule is Cc1ccc(NC(=O)[C@H]2CCCN(C(O)c3c(C)cccc3F)[C@H]2c2ccc(N(C3CCCC3)P(=O)(Cl)Cl)cc2)cc1C(F)(F)F. The minimum absolute atomic E-state index is 0.00757. The highest BCUT2D eigenvalue weighted by atomic mass is 35.9. The largest absolute Gasteiger partial charge is 0.416 e. The van der Waals surface area contributed by atoms with Crippen molar-refractivity contribution in [2.24, 2.45) is 5.92 Å². The summed E-state index contributed by atoms with van der Waals surface area (Å²) in [6.07, 6.45) is -1.70. The van der Waals surface area contributed by atoms with Gasteiger partial charge in [0, 0.05) is 35.6 Å². The van der Waals surface area contributed by atoms with Gasteiger partial charge in [-0.2, -0.15) is 13.2 Å². The van der Waals surface area contributed by atoms with Crippen molar-refractivity contribution in [3.63, 3.8) is 0 Å². The molecule has 5 rings (SSSR count). The molecular formula is C33H36Cl2F4N3O3P. The van der Waals surface area contributed by atoms with Crippen LogP contribution < -0.4 is 9.99 Å². The molecule has 1 saturated carbocycles. The number of amides is 1. The monoisotopic (exact) mass is 699 g/mol. The van der Waals surface area contributed by atoms with Crippen molar-refractivity contribution in [1.29, 1.82) is 0 Å². The second-order valence-corrected chi connectivity index (χ2v) is 16.7. The molecule has 0 bridgehead atoms.